The number of benzene rings is 1. The Labute approximate surface area is 133 Å². The van der Waals surface area contributed by atoms with Crippen molar-refractivity contribution in [1.82, 2.24) is 9.97 Å². The lowest BCUT2D eigenvalue weighted by atomic mass is 10.1. The van der Waals surface area contributed by atoms with Crippen molar-refractivity contribution in [3.05, 3.63) is 52.1 Å². The van der Waals surface area contributed by atoms with Gasteiger partial charge in [0.05, 0.1) is 10.7 Å². The molecule has 0 amide bonds. The third kappa shape index (κ3) is 3.54. The maximum atomic E-state index is 11.8. The highest BCUT2D eigenvalue weighted by molar-refractivity contribution is 7.09. The summed E-state index contributed by atoms with van der Waals surface area (Å²) in [7, 11) is 0. The van der Waals surface area contributed by atoms with Crippen molar-refractivity contribution < 1.29 is 9.53 Å². The predicted octanol–water partition coefficient (Wildman–Crippen LogP) is 4.00. The van der Waals surface area contributed by atoms with Crippen LogP contribution >= 0.6 is 11.3 Å². The highest BCUT2D eigenvalue weighted by Crippen LogP contribution is 2.19. The fraction of sp³-hybridized carbons (Fsp3) is 0.294. The molecule has 1 aromatic carbocycles. The second-order valence-corrected chi connectivity index (χ2v) is 6.29. The number of rotatable bonds is 6. The van der Waals surface area contributed by atoms with Crippen LogP contribution in [0.5, 0.6) is 0 Å². The number of aromatic amines is 1. The number of esters is 1. The number of ether oxygens (including phenoxy) is 1. The van der Waals surface area contributed by atoms with E-state index < -0.39 is 0 Å². The van der Waals surface area contributed by atoms with Crippen LogP contribution in [-0.2, 0) is 22.6 Å². The van der Waals surface area contributed by atoms with Gasteiger partial charge in [0.25, 0.3) is 0 Å². The molecule has 0 unspecified atom stereocenters. The number of aryl methyl sites for hydroxylation is 2. The Bertz CT molecular complexity index is 776. The average Bonchev–Trinajstić information content (AvgIpc) is 3.12. The van der Waals surface area contributed by atoms with Gasteiger partial charge in [0.1, 0.15) is 6.61 Å². The summed E-state index contributed by atoms with van der Waals surface area (Å²) in [5, 5.41) is 4.15. The van der Waals surface area contributed by atoms with Gasteiger partial charge in [-0.2, -0.15) is 0 Å². The van der Waals surface area contributed by atoms with Gasteiger partial charge in [-0.15, -0.1) is 11.3 Å². The molecule has 0 saturated heterocycles. The number of hydrogen-bond donors (Lipinski definition) is 1. The third-order valence-corrected chi connectivity index (χ3v) is 4.37. The third-order valence-electron chi connectivity index (χ3n) is 3.55. The lowest BCUT2D eigenvalue weighted by molar-refractivity contribution is -0.145. The largest absolute Gasteiger partial charge is 0.459 e. The quantitative estimate of drug-likeness (QED) is 0.700. The van der Waals surface area contributed by atoms with Gasteiger partial charge in [-0.3, -0.25) is 4.79 Å². The minimum absolute atomic E-state index is 0.162. The van der Waals surface area contributed by atoms with Gasteiger partial charge in [0.2, 0.25) is 0 Å². The molecule has 0 saturated carbocycles. The van der Waals surface area contributed by atoms with Crippen LogP contribution in [0.2, 0.25) is 0 Å². The maximum absolute atomic E-state index is 11.8. The van der Waals surface area contributed by atoms with Gasteiger partial charge in [-0.1, -0.05) is 18.2 Å². The van der Waals surface area contributed by atoms with E-state index in [1.54, 1.807) is 11.3 Å². The molecule has 3 rings (SSSR count). The van der Waals surface area contributed by atoms with Crippen LogP contribution in [0.3, 0.4) is 0 Å². The van der Waals surface area contributed by atoms with Crippen molar-refractivity contribution in [2.75, 3.05) is 0 Å². The molecule has 0 atom stereocenters. The SMILES string of the molecule is Cc1nc(COC(=O)CCCc2c[nH]c3ccccc23)cs1. The topological polar surface area (TPSA) is 55.0 Å². The Hall–Kier alpha value is -2.14. The van der Waals surface area contributed by atoms with Gasteiger partial charge >= 0.3 is 5.97 Å². The number of thiazole rings is 1. The standard InChI is InChI=1S/C17H18N2O2S/c1-12-19-14(11-22-12)10-21-17(20)8-4-5-13-9-18-16-7-3-2-6-15(13)16/h2-3,6-7,9,11,18H,4-5,8,10H2,1H3. The number of aromatic nitrogens is 2. The maximum Gasteiger partial charge on any atom is 0.306 e. The van der Waals surface area contributed by atoms with Crippen molar-refractivity contribution in [2.45, 2.75) is 32.8 Å². The number of hydrogen-bond acceptors (Lipinski definition) is 4. The van der Waals surface area contributed by atoms with E-state index in [9.17, 15) is 4.79 Å². The van der Waals surface area contributed by atoms with Crippen molar-refractivity contribution in [3.63, 3.8) is 0 Å². The van der Waals surface area contributed by atoms with Gasteiger partial charge < -0.3 is 9.72 Å². The highest BCUT2D eigenvalue weighted by Gasteiger charge is 2.07. The van der Waals surface area contributed by atoms with Crippen LogP contribution < -0.4 is 0 Å². The van der Waals surface area contributed by atoms with Gasteiger partial charge in [0, 0.05) is 28.9 Å². The van der Waals surface area contributed by atoms with Gasteiger partial charge in [-0.25, -0.2) is 4.98 Å². The zero-order valence-electron chi connectivity index (χ0n) is 12.5. The van der Waals surface area contributed by atoms with Crippen molar-refractivity contribution in [3.8, 4) is 0 Å². The van der Waals surface area contributed by atoms with E-state index in [1.807, 2.05) is 30.6 Å². The van der Waals surface area contributed by atoms with Crippen LogP contribution in [-0.4, -0.2) is 15.9 Å². The molecule has 3 aromatic rings. The molecule has 4 nitrogen and oxygen atoms in total. The molecular formula is C17H18N2O2S. The monoisotopic (exact) mass is 314 g/mol. The molecule has 114 valence electrons. The van der Waals surface area contributed by atoms with Crippen molar-refractivity contribution >= 4 is 28.2 Å². The average molecular weight is 314 g/mol. The Morgan fingerprint density at radius 1 is 1.36 bits per heavy atom. The fourth-order valence-electron chi connectivity index (χ4n) is 2.46. The molecule has 0 aliphatic carbocycles. The summed E-state index contributed by atoms with van der Waals surface area (Å²) in [6, 6.07) is 8.21. The summed E-state index contributed by atoms with van der Waals surface area (Å²) >= 11 is 1.57. The Kier molecular flexibility index (Phi) is 4.53. The first kappa shape index (κ1) is 14.8. The molecule has 22 heavy (non-hydrogen) atoms. The van der Waals surface area contributed by atoms with Crippen molar-refractivity contribution in [2.24, 2.45) is 0 Å². The van der Waals surface area contributed by atoms with E-state index in [1.165, 1.54) is 10.9 Å². The molecule has 2 aromatic heterocycles. The number of fused-ring (bicyclic) bond motifs is 1. The number of carbonyl (C=O) groups is 1. The predicted molar refractivity (Wildman–Crippen MR) is 87.9 cm³/mol. The van der Waals surface area contributed by atoms with Crippen molar-refractivity contribution in [1.29, 1.82) is 0 Å². The highest BCUT2D eigenvalue weighted by atomic mass is 32.1. The van der Waals surface area contributed by atoms with E-state index in [0.29, 0.717) is 6.42 Å². The fourth-order valence-corrected chi connectivity index (χ4v) is 3.06. The second kappa shape index (κ2) is 6.75. The Balaban J connectivity index is 1.45. The minimum atomic E-state index is -0.162. The molecule has 0 aliphatic heterocycles. The van der Waals surface area contributed by atoms with E-state index in [4.69, 9.17) is 4.74 Å². The molecular weight excluding hydrogens is 296 g/mol. The number of nitrogens with one attached hydrogen (secondary N) is 1. The summed E-state index contributed by atoms with van der Waals surface area (Å²) in [6.07, 6.45) is 4.11. The van der Waals surface area contributed by atoms with E-state index >= 15 is 0 Å². The van der Waals surface area contributed by atoms with E-state index in [0.717, 1.165) is 29.1 Å². The number of para-hydroxylation sites is 1. The summed E-state index contributed by atoms with van der Waals surface area (Å²) in [5.74, 6) is -0.162. The zero-order valence-corrected chi connectivity index (χ0v) is 13.3. The molecule has 0 fully saturated rings. The summed E-state index contributed by atoms with van der Waals surface area (Å²) in [6.45, 7) is 2.22. The van der Waals surface area contributed by atoms with Crippen LogP contribution in [0.15, 0.2) is 35.8 Å². The van der Waals surface area contributed by atoms with Crippen LogP contribution in [0, 0.1) is 6.92 Å². The summed E-state index contributed by atoms with van der Waals surface area (Å²) in [5.41, 5.74) is 3.21. The first-order valence-electron chi connectivity index (χ1n) is 7.34. The number of H-pyrrole nitrogens is 1. The summed E-state index contributed by atoms with van der Waals surface area (Å²) in [4.78, 5) is 19.3. The number of carbonyl (C=O) groups excluding carboxylic acids is 1. The van der Waals surface area contributed by atoms with E-state index in [2.05, 4.69) is 22.1 Å². The molecule has 0 bridgehead atoms. The van der Waals surface area contributed by atoms with Gasteiger partial charge in [-0.05, 0) is 31.4 Å². The first-order valence-corrected chi connectivity index (χ1v) is 8.22. The molecule has 5 heteroatoms. The molecule has 0 aliphatic rings. The molecule has 0 radical (unpaired) electrons. The van der Waals surface area contributed by atoms with E-state index in [-0.39, 0.29) is 12.6 Å². The summed E-state index contributed by atoms with van der Waals surface area (Å²) < 4.78 is 5.25. The van der Waals surface area contributed by atoms with Gasteiger partial charge in [0.15, 0.2) is 0 Å². The number of nitrogens with zero attached hydrogens (tertiary/aromatic N) is 1. The first-order chi connectivity index (χ1) is 10.7. The van der Waals surface area contributed by atoms with Crippen LogP contribution in [0.1, 0.15) is 29.1 Å². The lowest BCUT2D eigenvalue weighted by Gasteiger charge is -2.03. The zero-order chi connectivity index (χ0) is 15.4. The smallest absolute Gasteiger partial charge is 0.306 e. The Morgan fingerprint density at radius 3 is 3.05 bits per heavy atom. The lowest BCUT2D eigenvalue weighted by Crippen LogP contribution is -2.05. The normalized spacial score (nSPS) is 11.0. The van der Waals surface area contributed by atoms with Crippen LogP contribution in [0.25, 0.3) is 10.9 Å². The van der Waals surface area contributed by atoms with Crippen LogP contribution in [0.4, 0.5) is 0 Å². The second-order valence-electron chi connectivity index (χ2n) is 5.23. The molecule has 1 N–H and O–H groups in total. The minimum Gasteiger partial charge on any atom is -0.459 e. The molecule has 2 heterocycles. The molecule has 0 spiro atoms. The Morgan fingerprint density at radius 2 is 2.23 bits per heavy atom.